The highest BCUT2D eigenvalue weighted by molar-refractivity contribution is 5.23. The van der Waals surface area contributed by atoms with Crippen LogP contribution in [0, 0.1) is 5.92 Å². The van der Waals surface area contributed by atoms with E-state index in [0.29, 0.717) is 0 Å². The van der Waals surface area contributed by atoms with E-state index >= 15 is 0 Å². The zero-order valence-corrected chi connectivity index (χ0v) is 12.6. The molecule has 0 aliphatic heterocycles. The maximum absolute atomic E-state index is 6.57. The fourth-order valence-electron chi connectivity index (χ4n) is 2.59. The van der Waals surface area contributed by atoms with Crippen molar-refractivity contribution < 1.29 is 0 Å². The summed E-state index contributed by atoms with van der Waals surface area (Å²) in [6.45, 7) is 8.90. The number of hydrogen-bond acceptors (Lipinski definition) is 2. The maximum Gasteiger partial charge on any atom is 0.0510 e. The fourth-order valence-corrected chi connectivity index (χ4v) is 2.59. The Kier molecular flexibility index (Phi) is 4.64. The molecule has 1 saturated carbocycles. The summed E-state index contributed by atoms with van der Waals surface area (Å²) in [5, 5.41) is 0. The SMILES string of the molecule is CC(C)CCN(CC(C)(N)c1ccccc1)C1CC1. The summed E-state index contributed by atoms with van der Waals surface area (Å²) in [6.07, 6.45) is 3.97. The molecular weight excluding hydrogens is 232 g/mol. The lowest BCUT2D eigenvalue weighted by Gasteiger charge is -2.33. The molecule has 1 fully saturated rings. The number of nitrogens with two attached hydrogens (primary N) is 1. The third kappa shape index (κ3) is 4.32. The standard InChI is InChI=1S/C17H28N2/c1-14(2)11-12-19(16-9-10-16)13-17(3,18)15-7-5-4-6-8-15/h4-8,14,16H,9-13,18H2,1-3H3. The average Bonchev–Trinajstić information content (AvgIpc) is 3.19. The van der Waals surface area contributed by atoms with E-state index in [4.69, 9.17) is 5.73 Å². The minimum absolute atomic E-state index is 0.249. The lowest BCUT2D eigenvalue weighted by atomic mass is 9.92. The van der Waals surface area contributed by atoms with Gasteiger partial charge in [0, 0.05) is 12.6 Å². The Bertz CT molecular complexity index is 380. The molecule has 1 aromatic carbocycles. The summed E-state index contributed by atoms with van der Waals surface area (Å²) >= 11 is 0. The van der Waals surface area contributed by atoms with E-state index in [9.17, 15) is 0 Å². The molecule has 1 unspecified atom stereocenters. The van der Waals surface area contributed by atoms with Crippen LogP contribution in [0.5, 0.6) is 0 Å². The predicted molar refractivity (Wildman–Crippen MR) is 82.0 cm³/mol. The Labute approximate surface area is 118 Å². The van der Waals surface area contributed by atoms with E-state index in [2.05, 4.69) is 56.0 Å². The molecule has 2 N–H and O–H groups in total. The number of benzene rings is 1. The maximum atomic E-state index is 6.57. The normalized spacial score (nSPS) is 18.8. The van der Waals surface area contributed by atoms with Crippen molar-refractivity contribution in [2.75, 3.05) is 13.1 Å². The van der Waals surface area contributed by atoms with Crippen molar-refractivity contribution in [1.82, 2.24) is 4.90 Å². The van der Waals surface area contributed by atoms with Gasteiger partial charge in [-0.2, -0.15) is 0 Å². The van der Waals surface area contributed by atoms with Crippen LogP contribution in [-0.4, -0.2) is 24.0 Å². The fraction of sp³-hybridized carbons (Fsp3) is 0.647. The van der Waals surface area contributed by atoms with Gasteiger partial charge in [-0.1, -0.05) is 44.2 Å². The summed E-state index contributed by atoms with van der Waals surface area (Å²) in [4.78, 5) is 2.60. The Morgan fingerprint density at radius 1 is 1.26 bits per heavy atom. The molecule has 2 heteroatoms. The van der Waals surface area contributed by atoms with E-state index < -0.39 is 0 Å². The molecule has 0 spiro atoms. The smallest absolute Gasteiger partial charge is 0.0510 e. The Morgan fingerprint density at radius 3 is 2.42 bits per heavy atom. The molecular formula is C17H28N2. The lowest BCUT2D eigenvalue weighted by molar-refractivity contribution is 0.198. The first-order valence-corrected chi connectivity index (χ1v) is 7.57. The molecule has 1 atom stereocenters. The van der Waals surface area contributed by atoms with Crippen molar-refractivity contribution in [3.8, 4) is 0 Å². The third-order valence-corrected chi connectivity index (χ3v) is 4.02. The summed E-state index contributed by atoms with van der Waals surface area (Å²) in [7, 11) is 0. The molecule has 0 heterocycles. The van der Waals surface area contributed by atoms with Crippen molar-refractivity contribution >= 4 is 0 Å². The van der Waals surface area contributed by atoms with Crippen LogP contribution in [-0.2, 0) is 5.54 Å². The first-order chi connectivity index (χ1) is 8.99. The van der Waals surface area contributed by atoms with Gasteiger partial charge in [0.05, 0.1) is 5.54 Å². The van der Waals surface area contributed by atoms with Gasteiger partial charge in [-0.25, -0.2) is 0 Å². The molecule has 2 rings (SSSR count). The summed E-state index contributed by atoms with van der Waals surface area (Å²) in [6, 6.07) is 11.3. The summed E-state index contributed by atoms with van der Waals surface area (Å²) < 4.78 is 0. The van der Waals surface area contributed by atoms with Gasteiger partial charge in [0.15, 0.2) is 0 Å². The van der Waals surface area contributed by atoms with Crippen molar-refractivity contribution in [1.29, 1.82) is 0 Å². The van der Waals surface area contributed by atoms with E-state index in [0.717, 1.165) is 18.5 Å². The second-order valence-corrected chi connectivity index (χ2v) is 6.67. The molecule has 0 amide bonds. The van der Waals surface area contributed by atoms with Crippen molar-refractivity contribution in [2.45, 2.75) is 51.6 Å². The Balaban J connectivity index is 1.99. The van der Waals surface area contributed by atoms with E-state index in [-0.39, 0.29) is 5.54 Å². The van der Waals surface area contributed by atoms with Gasteiger partial charge in [0.1, 0.15) is 0 Å². The molecule has 0 saturated heterocycles. The largest absolute Gasteiger partial charge is 0.321 e. The molecule has 0 radical (unpaired) electrons. The van der Waals surface area contributed by atoms with E-state index in [1.165, 1.54) is 31.4 Å². The number of nitrogens with zero attached hydrogens (tertiary/aromatic N) is 1. The molecule has 19 heavy (non-hydrogen) atoms. The van der Waals surface area contributed by atoms with Crippen LogP contribution in [0.1, 0.15) is 45.6 Å². The van der Waals surface area contributed by atoms with Crippen molar-refractivity contribution in [2.24, 2.45) is 11.7 Å². The molecule has 0 aromatic heterocycles. The molecule has 106 valence electrons. The molecule has 1 aromatic rings. The van der Waals surface area contributed by atoms with Crippen molar-refractivity contribution in [3.05, 3.63) is 35.9 Å². The van der Waals surface area contributed by atoms with Gasteiger partial charge >= 0.3 is 0 Å². The topological polar surface area (TPSA) is 29.3 Å². The average molecular weight is 260 g/mol. The second kappa shape index (κ2) is 6.06. The van der Waals surface area contributed by atoms with Gasteiger partial charge in [0.2, 0.25) is 0 Å². The van der Waals surface area contributed by atoms with Crippen LogP contribution in [0.15, 0.2) is 30.3 Å². The highest BCUT2D eigenvalue weighted by Crippen LogP contribution is 2.30. The van der Waals surface area contributed by atoms with Crippen LogP contribution in [0.3, 0.4) is 0 Å². The van der Waals surface area contributed by atoms with Gasteiger partial charge in [-0.05, 0) is 44.2 Å². The van der Waals surface area contributed by atoms with Gasteiger partial charge in [-0.15, -0.1) is 0 Å². The summed E-state index contributed by atoms with van der Waals surface area (Å²) in [5.41, 5.74) is 7.56. The van der Waals surface area contributed by atoms with Crippen molar-refractivity contribution in [3.63, 3.8) is 0 Å². The zero-order valence-electron chi connectivity index (χ0n) is 12.6. The second-order valence-electron chi connectivity index (χ2n) is 6.67. The first-order valence-electron chi connectivity index (χ1n) is 7.57. The predicted octanol–water partition coefficient (Wildman–Crippen LogP) is 3.37. The van der Waals surface area contributed by atoms with Crippen LogP contribution < -0.4 is 5.73 Å². The molecule has 0 bridgehead atoms. The van der Waals surface area contributed by atoms with Crippen LogP contribution >= 0.6 is 0 Å². The highest BCUT2D eigenvalue weighted by Gasteiger charge is 2.33. The van der Waals surface area contributed by atoms with Gasteiger partial charge in [-0.3, -0.25) is 4.90 Å². The highest BCUT2D eigenvalue weighted by atomic mass is 15.2. The van der Waals surface area contributed by atoms with E-state index in [1.807, 2.05) is 0 Å². The van der Waals surface area contributed by atoms with Gasteiger partial charge in [0.25, 0.3) is 0 Å². The van der Waals surface area contributed by atoms with Crippen LogP contribution in [0.4, 0.5) is 0 Å². The van der Waals surface area contributed by atoms with Gasteiger partial charge < -0.3 is 5.73 Å². The Hall–Kier alpha value is -0.860. The quantitative estimate of drug-likeness (QED) is 0.814. The zero-order chi connectivity index (χ0) is 13.9. The molecule has 1 aliphatic carbocycles. The first kappa shape index (κ1) is 14.5. The molecule has 1 aliphatic rings. The number of hydrogen-bond donors (Lipinski definition) is 1. The van der Waals surface area contributed by atoms with Crippen LogP contribution in [0.25, 0.3) is 0 Å². The molecule has 2 nitrogen and oxygen atoms in total. The third-order valence-electron chi connectivity index (χ3n) is 4.02. The van der Waals surface area contributed by atoms with Crippen LogP contribution in [0.2, 0.25) is 0 Å². The van der Waals surface area contributed by atoms with E-state index in [1.54, 1.807) is 0 Å². The number of rotatable bonds is 7. The minimum atomic E-state index is -0.249. The Morgan fingerprint density at radius 2 is 1.89 bits per heavy atom. The summed E-state index contributed by atoms with van der Waals surface area (Å²) in [5.74, 6) is 0.766. The monoisotopic (exact) mass is 260 g/mol. The minimum Gasteiger partial charge on any atom is -0.321 e. The lowest BCUT2D eigenvalue weighted by Crippen LogP contribution is -2.46.